The zero-order chi connectivity index (χ0) is 16.9. The number of likely N-dealkylation sites (tertiary alicyclic amines) is 1. The number of nitrogens with zero attached hydrogens (tertiary/aromatic N) is 3. The van der Waals surface area contributed by atoms with E-state index in [0.29, 0.717) is 25.1 Å². The molecule has 7 nitrogen and oxygen atoms in total. The maximum Gasteiger partial charge on any atom is 0.410 e. The number of nitrogens with one attached hydrogen (secondary N) is 1. The predicted molar refractivity (Wildman–Crippen MR) is 89.0 cm³/mol. The van der Waals surface area contributed by atoms with Gasteiger partial charge in [0.15, 0.2) is 6.29 Å². The van der Waals surface area contributed by atoms with Crippen LogP contribution in [0.4, 0.5) is 10.6 Å². The van der Waals surface area contributed by atoms with Crippen LogP contribution in [0.25, 0.3) is 0 Å². The van der Waals surface area contributed by atoms with Gasteiger partial charge in [-0.05, 0) is 12.0 Å². The van der Waals surface area contributed by atoms with Gasteiger partial charge < -0.3 is 14.5 Å². The summed E-state index contributed by atoms with van der Waals surface area (Å²) in [6, 6.07) is 11.5. The van der Waals surface area contributed by atoms with Crippen LogP contribution < -0.4 is 4.90 Å². The van der Waals surface area contributed by atoms with E-state index in [1.807, 2.05) is 42.3 Å². The van der Waals surface area contributed by atoms with E-state index in [1.54, 1.807) is 11.0 Å². The van der Waals surface area contributed by atoms with E-state index in [0.717, 1.165) is 17.8 Å². The van der Waals surface area contributed by atoms with Gasteiger partial charge in [0.2, 0.25) is 0 Å². The molecule has 24 heavy (non-hydrogen) atoms. The van der Waals surface area contributed by atoms with Crippen molar-refractivity contribution in [3.63, 3.8) is 0 Å². The van der Waals surface area contributed by atoms with Crippen LogP contribution in [0.5, 0.6) is 0 Å². The number of aromatic amines is 1. The molecule has 1 N–H and O–H groups in total. The summed E-state index contributed by atoms with van der Waals surface area (Å²) in [5, 5.41) is 6.74. The van der Waals surface area contributed by atoms with Crippen molar-refractivity contribution < 1.29 is 14.3 Å². The minimum Gasteiger partial charge on any atom is -0.445 e. The normalized spacial score (nSPS) is 16.9. The summed E-state index contributed by atoms with van der Waals surface area (Å²) in [5.74, 6) is 0.765. The molecular weight excluding hydrogens is 308 g/mol. The highest BCUT2D eigenvalue weighted by Gasteiger charge is 2.30. The molecule has 1 saturated heterocycles. The Labute approximate surface area is 140 Å². The molecule has 1 fully saturated rings. The number of benzene rings is 1. The van der Waals surface area contributed by atoms with Crippen LogP contribution in [-0.4, -0.2) is 53.7 Å². The van der Waals surface area contributed by atoms with Gasteiger partial charge in [-0.1, -0.05) is 30.3 Å². The number of aromatic nitrogens is 2. The van der Waals surface area contributed by atoms with Crippen molar-refractivity contribution in [2.75, 3.05) is 25.0 Å². The number of carbonyl (C=O) groups is 2. The Morgan fingerprint density at radius 3 is 2.96 bits per heavy atom. The molecular formula is C17H20N4O3. The summed E-state index contributed by atoms with van der Waals surface area (Å²) in [7, 11) is 1.92. The van der Waals surface area contributed by atoms with Crippen LogP contribution in [0, 0.1) is 0 Å². The van der Waals surface area contributed by atoms with E-state index in [9.17, 15) is 9.59 Å². The third-order valence-corrected chi connectivity index (χ3v) is 4.26. The SMILES string of the molecule is CN(c1cc(C=O)n[nH]1)[C@@H]1CCN(C(=O)OCc2ccccc2)C1. The minimum atomic E-state index is -0.298. The van der Waals surface area contributed by atoms with Crippen molar-refractivity contribution in [3.05, 3.63) is 47.7 Å². The van der Waals surface area contributed by atoms with E-state index in [-0.39, 0.29) is 18.7 Å². The summed E-state index contributed by atoms with van der Waals surface area (Å²) >= 11 is 0. The molecule has 2 aromatic rings. The van der Waals surface area contributed by atoms with Gasteiger partial charge in [-0.3, -0.25) is 9.89 Å². The summed E-state index contributed by atoms with van der Waals surface area (Å²) in [5.41, 5.74) is 1.34. The van der Waals surface area contributed by atoms with Crippen molar-refractivity contribution in [1.29, 1.82) is 0 Å². The topological polar surface area (TPSA) is 78.5 Å². The molecule has 1 amide bonds. The van der Waals surface area contributed by atoms with Gasteiger partial charge in [-0.15, -0.1) is 0 Å². The summed E-state index contributed by atoms with van der Waals surface area (Å²) in [6.07, 6.45) is 1.25. The van der Waals surface area contributed by atoms with Crippen LogP contribution in [0.15, 0.2) is 36.4 Å². The molecule has 1 aromatic heterocycles. The van der Waals surface area contributed by atoms with Crippen molar-refractivity contribution >= 4 is 18.2 Å². The lowest BCUT2D eigenvalue weighted by Crippen LogP contribution is -2.37. The first-order chi connectivity index (χ1) is 11.7. The van der Waals surface area contributed by atoms with Gasteiger partial charge in [-0.25, -0.2) is 4.79 Å². The minimum absolute atomic E-state index is 0.161. The summed E-state index contributed by atoms with van der Waals surface area (Å²) in [4.78, 5) is 26.6. The van der Waals surface area contributed by atoms with E-state index >= 15 is 0 Å². The van der Waals surface area contributed by atoms with E-state index in [2.05, 4.69) is 10.2 Å². The lowest BCUT2D eigenvalue weighted by atomic mass is 10.2. The van der Waals surface area contributed by atoms with Gasteiger partial charge in [0.05, 0.1) is 0 Å². The molecule has 1 aliphatic heterocycles. The first kappa shape index (κ1) is 16.0. The lowest BCUT2D eigenvalue weighted by molar-refractivity contribution is 0.104. The fourth-order valence-corrected chi connectivity index (χ4v) is 2.80. The number of amides is 1. The third kappa shape index (κ3) is 3.56. The smallest absolute Gasteiger partial charge is 0.410 e. The number of anilines is 1. The molecule has 0 bridgehead atoms. The standard InChI is InChI=1S/C17H20N4O3/c1-20(16-9-14(11-22)18-19-16)15-7-8-21(10-15)17(23)24-12-13-5-3-2-4-6-13/h2-6,9,11,15H,7-8,10,12H2,1H3,(H,18,19)/t15-/m1/s1. The van der Waals surface area contributed by atoms with Gasteiger partial charge in [0.25, 0.3) is 0 Å². The number of rotatable bonds is 5. The fraction of sp³-hybridized carbons (Fsp3) is 0.353. The molecule has 0 aliphatic carbocycles. The van der Waals surface area contributed by atoms with Crippen LogP contribution in [-0.2, 0) is 11.3 Å². The Morgan fingerprint density at radius 1 is 1.46 bits per heavy atom. The number of likely N-dealkylation sites (N-methyl/N-ethyl adjacent to an activating group) is 1. The first-order valence-corrected chi connectivity index (χ1v) is 7.86. The molecule has 126 valence electrons. The van der Waals surface area contributed by atoms with Crippen molar-refractivity contribution in [2.45, 2.75) is 19.1 Å². The summed E-state index contributed by atoms with van der Waals surface area (Å²) in [6.45, 7) is 1.51. The van der Waals surface area contributed by atoms with Crippen LogP contribution in [0.1, 0.15) is 22.5 Å². The van der Waals surface area contributed by atoms with Gasteiger partial charge >= 0.3 is 6.09 Å². The third-order valence-electron chi connectivity index (χ3n) is 4.26. The number of hydrogen-bond donors (Lipinski definition) is 1. The molecule has 2 heterocycles. The Kier molecular flexibility index (Phi) is 4.79. The zero-order valence-corrected chi connectivity index (χ0v) is 13.5. The molecule has 0 spiro atoms. The molecule has 0 unspecified atom stereocenters. The lowest BCUT2D eigenvalue weighted by Gasteiger charge is -2.24. The Hall–Kier alpha value is -2.83. The zero-order valence-electron chi connectivity index (χ0n) is 13.5. The number of ether oxygens (including phenoxy) is 1. The monoisotopic (exact) mass is 328 g/mol. The highest BCUT2D eigenvalue weighted by Crippen LogP contribution is 2.21. The Balaban J connectivity index is 1.52. The van der Waals surface area contributed by atoms with Crippen LogP contribution in [0.2, 0.25) is 0 Å². The van der Waals surface area contributed by atoms with Gasteiger partial charge in [-0.2, -0.15) is 5.10 Å². The highest BCUT2D eigenvalue weighted by atomic mass is 16.6. The van der Waals surface area contributed by atoms with E-state index < -0.39 is 0 Å². The molecule has 1 aromatic carbocycles. The highest BCUT2D eigenvalue weighted by molar-refractivity contribution is 5.73. The van der Waals surface area contributed by atoms with Crippen LogP contribution in [0.3, 0.4) is 0 Å². The second-order valence-corrected chi connectivity index (χ2v) is 5.84. The number of aldehydes is 1. The molecule has 1 aliphatic rings. The average Bonchev–Trinajstić information content (AvgIpc) is 3.29. The van der Waals surface area contributed by atoms with Crippen molar-refractivity contribution in [1.82, 2.24) is 15.1 Å². The largest absolute Gasteiger partial charge is 0.445 e. The van der Waals surface area contributed by atoms with Gasteiger partial charge in [0.1, 0.15) is 18.1 Å². The second kappa shape index (κ2) is 7.16. The molecule has 0 saturated carbocycles. The Bertz CT molecular complexity index is 701. The number of hydrogen-bond acceptors (Lipinski definition) is 5. The molecule has 0 radical (unpaired) electrons. The van der Waals surface area contributed by atoms with Crippen LogP contribution >= 0.6 is 0 Å². The number of H-pyrrole nitrogens is 1. The quantitative estimate of drug-likeness (QED) is 0.850. The molecule has 7 heteroatoms. The fourth-order valence-electron chi connectivity index (χ4n) is 2.80. The molecule has 3 rings (SSSR count). The molecule has 1 atom stereocenters. The van der Waals surface area contributed by atoms with Crippen molar-refractivity contribution in [2.24, 2.45) is 0 Å². The van der Waals surface area contributed by atoms with E-state index in [1.165, 1.54) is 0 Å². The maximum atomic E-state index is 12.2. The second-order valence-electron chi connectivity index (χ2n) is 5.84. The average molecular weight is 328 g/mol. The maximum absolute atomic E-state index is 12.2. The number of carbonyl (C=O) groups excluding carboxylic acids is 2. The van der Waals surface area contributed by atoms with E-state index in [4.69, 9.17) is 4.74 Å². The van der Waals surface area contributed by atoms with Crippen molar-refractivity contribution in [3.8, 4) is 0 Å². The summed E-state index contributed by atoms with van der Waals surface area (Å²) < 4.78 is 5.37. The predicted octanol–water partition coefficient (Wildman–Crippen LogP) is 2.07. The first-order valence-electron chi connectivity index (χ1n) is 7.86. The van der Waals surface area contributed by atoms with Gasteiger partial charge in [0, 0.05) is 32.2 Å². The Morgan fingerprint density at radius 2 is 2.25 bits per heavy atom.